The zero-order valence-electron chi connectivity index (χ0n) is 14.9. The van der Waals surface area contributed by atoms with Crippen molar-refractivity contribution < 1.29 is 18.7 Å². The van der Waals surface area contributed by atoms with Gasteiger partial charge in [0.05, 0.1) is 26.4 Å². The van der Waals surface area contributed by atoms with Crippen LogP contribution in [0.15, 0.2) is 40.8 Å². The number of aryl methyl sites for hydroxylation is 1. The summed E-state index contributed by atoms with van der Waals surface area (Å²) in [6.45, 7) is 5.10. The first kappa shape index (κ1) is 17.7. The summed E-state index contributed by atoms with van der Waals surface area (Å²) >= 11 is 0. The minimum absolute atomic E-state index is 0.306. The third kappa shape index (κ3) is 4.71. The third-order valence-electron chi connectivity index (χ3n) is 4.62. The minimum atomic E-state index is -0.347. The van der Waals surface area contributed by atoms with Gasteiger partial charge in [0.1, 0.15) is 17.1 Å². The summed E-state index contributed by atoms with van der Waals surface area (Å²) in [5.74, 6) is 1.07. The van der Waals surface area contributed by atoms with E-state index in [1.54, 1.807) is 13.0 Å². The van der Waals surface area contributed by atoms with Crippen molar-refractivity contribution in [2.75, 3.05) is 20.2 Å². The summed E-state index contributed by atoms with van der Waals surface area (Å²) in [7, 11) is 1.38. The molecule has 0 aliphatic carbocycles. The maximum absolute atomic E-state index is 11.7. The molecule has 0 saturated carbocycles. The van der Waals surface area contributed by atoms with Crippen molar-refractivity contribution in [1.29, 1.82) is 0 Å². The molecule has 1 aromatic carbocycles. The van der Waals surface area contributed by atoms with Crippen LogP contribution in [0.4, 0.5) is 0 Å². The highest BCUT2D eigenvalue weighted by atomic mass is 16.5. The van der Waals surface area contributed by atoms with Gasteiger partial charge < -0.3 is 13.9 Å². The van der Waals surface area contributed by atoms with E-state index in [9.17, 15) is 4.79 Å². The summed E-state index contributed by atoms with van der Waals surface area (Å²) in [6, 6.07) is 12.1. The highest BCUT2D eigenvalue weighted by Crippen LogP contribution is 2.21. The van der Waals surface area contributed by atoms with Crippen LogP contribution in [0.1, 0.15) is 40.3 Å². The predicted octanol–water partition coefficient (Wildman–Crippen LogP) is 3.56. The number of benzene rings is 1. The van der Waals surface area contributed by atoms with Crippen molar-refractivity contribution in [2.45, 2.75) is 39.0 Å². The lowest BCUT2D eigenvalue weighted by molar-refractivity contribution is -0.00502. The Hall–Kier alpha value is -2.11. The number of hydrogen-bond acceptors (Lipinski definition) is 5. The Bertz CT molecular complexity index is 687. The topological polar surface area (TPSA) is 51.9 Å². The quantitative estimate of drug-likeness (QED) is 0.751. The first-order chi connectivity index (χ1) is 12.2. The zero-order chi connectivity index (χ0) is 17.6. The largest absolute Gasteiger partial charge is 0.465 e. The van der Waals surface area contributed by atoms with E-state index < -0.39 is 0 Å². The van der Waals surface area contributed by atoms with Crippen LogP contribution in [-0.4, -0.2) is 37.2 Å². The molecule has 134 valence electrons. The van der Waals surface area contributed by atoms with E-state index >= 15 is 0 Å². The molecule has 1 aromatic heterocycles. The smallest absolute Gasteiger partial charge is 0.341 e. The molecule has 5 heteroatoms. The summed E-state index contributed by atoms with van der Waals surface area (Å²) in [4.78, 5) is 14.0. The minimum Gasteiger partial charge on any atom is -0.465 e. The van der Waals surface area contributed by atoms with Crippen molar-refractivity contribution in [3.8, 4) is 0 Å². The molecule has 0 N–H and O–H groups in total. The molecule has 1 aliphatic heterocycles. The Morgan fingerprint density at radius 1 is 1.24 bits per heavy atom. The number of likely N-dealkylation sites (tertiary alicyclic amines) is 1. The van der Waals surface area contributed by atoms with Gasteiger partial charge in [-0.3, -0.25) is 4.90 Å². The number of carbonyl (C=O) groups is 1. The average molecular weight is 343 g/mol. The SMILES string of the molecule is COC(=O)c1cc(CN2CCC(OCc3ccccc3)CC2)oc1C. The van der Waals surface area contributed by atoms with E-state index in [1.807, 2.05) is 18.2 Å². The number of nitrogens with zero attached hydrogens (tertiary/aromatic N) is 1. The fourth-order valence-corrected chi connectivity index (χ4v) is 3.18. The second-order valence-electron chi connectivity index (χ2n) is 6.45. The maximum atomic E-state index is 11.7. The fourth-order valence-electron chi connectivity index (χ4n) is 3.18. The van der Waals surface area contributed by atoms with Gasteiger partial charge in [-0.15, -0.1) is 0 Å². The molecule has 2 heterocycles. The monoisotopic (exact) mass is 343 g/mol. The van der Waals surface area contributed by atoms with Crippen molar-refractivity contribution in [3.05, 3.63) is 59.0 Å². The number of methoxy groups -OCH3 is 1. The second-order valence-corrected chi connectivity index (χ2v) is 6.45. The molecule has 25 heavy (non-hydrogen) atoms. The first-order valence-corrected chi connectivity index (χ1v) is 8.71. The van der Waals surface area contributed by atoms with Gasteiger partial charge in [-0.1, -0.05) is 30.3 Å². The molecule has 0 unspecified atom stereocenters. The highest BCUT2D eigenvalue weighted by molar-refractivity contribution is 5.90. The van der Waals surface area contributed by atoms with Crippen LogP contribution in [0, 0.1) is 6.92 Å². The Morgan fingerprint density at radius 3 is 2.64 bits per heavy atom. The molecule has 1 aliphatic rings. The predicted molar refractivity (Wildman–Crippen MR) is 94.3 cm³/mol. The Kier molecular flexibility index (Phi) is 5.89. The van der Waals surface area contributed by atoms with E-state index in [0.29, 0.717) is 30.6 Å². The second kappa shape index (κ2) is 8.32. The summed E-state index contributed by atoms with van der Waals surface area (Å²) in [6.07, 6.45) is 2.33. The standard InChI is InChI=1S/C20H25NO4/c1-15-19(20(22)23-2)12-18(25-15)13-21-10-8-17(9-11-21)24-14-16-6-4-3-5-7-16/h3-7,12,17H,8-11,13-14H2,1-2H3. The molecule has 0 bridgehead atoms. The Balaban J connectivity index is 1.45. The number of esters is 1. The highest BCUT2D eigenvalue weighted by Gasteiger charge is 2.22. The molecule has 1 saturated heterocycles. The van der Waals surface area contributed by atoms with E-state index in [-0.39, 0.29) is 5.97 Å². The van der Waals surface area contributed by atoms with Gasteiger partial charge >= 0.3 is 5.97 Å². The first-order valence-electron chi connectivity index (χ1n) is 8.71. The van der Waals surface area contributed by atoms with Gasteiger partial charge in [-0.2, -0.15) is 0 Å². The van der Waals surface area contributed by atoms with Crippen molar-refractivity contribution >= 4 is 5.97 Å². The number of furan rings is 1. The van der Waals surface area contributed by atoms with Crippen LogP contribution in [0.25, 0.3) is 0 Å². The zero-order valence-corrected chi connectivity index (χ0v) is 14.9. The number of piperidine rings is 1. The lowest BCUT2D eigenvalue weighted by Gasteiger charge is -2.31. The van der Waals surface area contributed by atoms with Gasteiger partial charge in [0, 0.05) is 13.1 Å². The average Bonchev–Trinajstić information content (AvgIpc) is 3.01. The maximum Gasteiger partial charge on any atom is 0.341 e. The van der Waals surface area contributed by atoms with Crippen LogP contribution in [-0.2, 0) is 22.6 Å². The Labute approximate surface area is 148 Å². The van der Waals surface area contributed by atoms with Crippen LogP contribution < -0.4 is 0 Å². The molecule has 2 aromatic rings. The lowest BCUT2D eigenvalue weighted by atomic mass is 10.1. The normalized spacial score (nSPS) is 16.1. The van der Waals surface area contributed by atoms with Crippen LogP contribution in [0.3, 0.4) is 0 Å². The number of carbonyl (C=O) groups excluding carboxylic acids is 1. The molecule has 0 radical (unpaired) electrons. The number of hydrogen-bond donors (Lipinski definition) is 0. The van der Waals surface area contributed by atoms with Gasteiger partial charge in [0.25, 0.3) is 0 Å². The molecule has 0 spiro atoms. The molecule has 0 amide bonds. The van der Waals surface area contributed by atoms with Gasteiger partial charge in [0.15, 0.2) is 0 Å². The van der Waals surface area contributed by atoms with Gasteiger partial charge in [-0.25, -0.2) is 4.79 Å². The van der Waals surface area contributed by atoms with Crippen LogP contribution >= 0.6 is 0 Å². The fraction of sp³-hybridized carbons (Fsp3) is 0.450. The lowest BCUT2D eigenvalue weighted by Crippen LogP contribution is -2.36. The van der Waals surface area contributed by atoms with Gasteiger partial charge in [-0.05, 0) is 31.4 Å². The molecular weight excluding hydrogens is 318 g/mol. The molecule has 0 atom stereocenters. The molecular formula is C20H25NO4. The van der Waals surface area contributed by atoms with E-state index in [2.05, 4.69) is 17.0 Å². The van der Waals surface area contributed by atoms with Crippen LogP contribution in [0.2, 0.25) is 0 Å². The summed E-state index contributed by atoms with van der Waals surface area (Å²) in [5.41, 5.74) is 1.73. The molecule has 5 nitrogen and oxygen atoms in total. The van der Waals surface area contributed by atoms with E-state index in [4.69, 9.17) is 13.9 Å². The van der Waals surface area contributed by atoms with E-state index in [1.165, 1.54) is 12.7 Å². The summed E-state index contributed by atoms with van der Waals surface area (Å²) < 4.78 is 16.5. The van der Waals surface area contributed by atoms with Crippen molar-refractivity contribution in [1.82, 2.24) is 4.90 Å². The summed E-state index contributed by atoms with van der Waals surface area (Å²) in [5, 5.41) is 0. The van der Waals surface area contributed by atoms with Crippen LogP contribution in [0.5, 0.6) is 0 Å². The molecule has 3 rings (SSSR count). The Morgan fingerprint density at radius 2 is 1.96 bits per heavy atom. The number of rotatable bonds is 6. The van der Waals surface area contributed by atoms with Gasteiger partial charge in [0.2, 0.25) is 0 Å². The van der Waals surface area contributed by atoms with Crippen molar-refractivity contribution in [2.24, 2.45) is 0 Å². The van der Waals surface area contributed by atoms with E-state index in [0.717, 1.165) is 31.7 Å². The third-order valence-corrected chi connectivity index (χ3v) is 4.62. The van der Waals surface area contributed by atoms with Crippen molar-refractivity contribution in [3.63, 3.8) is 0 Å². The number of ether oxygens (including phenoxy) is 2. The molecule has 1 fully saturated rings.